The van der Waals surface area contributed by atoms with Crippen molar-refractivity contribution in [3.8, 4) is 0 Å². The molecule has 0 aliphatic carbocycles. The quantitative estimate of drug-likeness (QED) is 0.0262. The molecule has 0 aromatic rings. The third-order valence-corrected chi connectivity index (χ3v) is 11.2. The lowest BCUT2D eigenvalue weighted by atomic mass is 9.99. The SMILES string of the molecule is CCCCCCCCCCCCCCCCCCCCCCCCCCCOCC(COC1OC(CO)C(O)C(OS(=O)(=O)O)C1O)OC(=O)CCCCCC. The van der Waals surface area contributed by atoms with E-state index in [4.69, 9.17) is 23.5 Å². The zero-order valence-electron chi connectivity index (χ0n) is 35.5. The number of aliphatic hydroxyl groups excluding tert-OH is 3. The number of carbonyl (C=O) groups excluding carboxylic acids is 1. The Hall–Kier alpha value is -0.900. The highest BCUT2D eigenvalue weighted by Gasteiger charge is 2.48. The summed E-state index contributed by atoms with van der Waals surface area (Å²) >= 11 is 0. The fraction of sp³-hybridized carbons (Fsp3) is 0.977. The standard InChI is InChI=1S/C43H84O12S/c1-3-5-7-9-10-11-12-13-14-15-16-17-18-19-20-21-22-23-24-25-26-27-28-29-31-33-51-35-37(53-39(45)32-30-8-6-4-2)36-52-43-41(47)42(55-56(48,49)50)40(46)38(34-44)54-43/h37-38,40-44,46-47H,3-36H2,1-2H3,(H,48,49,50). The summed E-state index contributed by atoms with van der Waals surface area (Å²) in [5, 5.41) is 30.4. The van der Waals surface area contributed by atoms with Crippen LogP contribution in [0.15, 0.2) is 0 Å². The third kappa shape index (κ3) is 29.3. The van der Waals surface area contributed by atoms with Crippen molar-refractivity contribution in [2.75, 3.05) is 26.4 Å². The molecule has 4 N–H and O–H groups in total. The summed E-state index contributed by atoms with van der Waals surface area (Å²) in [6, 6.07) is 0. The van der Waals surface area contributed by atoms with Crippen LogP contribution in [0.5, 0.6) is 0 Å². The minimum atomic E-state index is -5.05. The van der Waals surface area contributed by atoms with Gasteiger partial charge in [-0.1, -0.05) is 187 Å². The summed E-state index contributed by atoms with van der Waals surface area (Å²) in [5.41, 5.74) is 0. The molecule has 0 radical (unpaired) electrons. The normalized spacial score (nSPS) is 20.7. The fourth-order valence-electron chi connectivity index (χ4n) is 7.26. The largest absolute Gasteiger partial charge is 0.457 e. The Morgan fingerprint density at radius 2 is 1.02 bits per heavy atom. The van der Waals surface area contributed by atoms with Crippen LogP contribution in [-0.4, -0.2) is 97.5 Å². The number of unbranched alkanes of at least 4 members (excludes halogenated alkanes) is 27. The second-order valence-corrected chi connectivity index (χ2v) is 17.1. The summed E-state index contributed by atoms with van der Waals surface area (Å²) in [5.74, 6) is -0.412. The second kappa shape index (κ2) is 36.0. The van der Waals surface area contributed by atoms with E-state index in [2.05, 4.69) is 18.0 Å². The Kier molecular flexibility index (Phi) is 34.1. The average molecular weight is 825 g/mol. The summed E-state index contributed by atoms with van der Waals surface area (Å²) in [7, 11) is -5.05. The summed E-state index contributed by atoms with van der Waals surface area (Å²) in [6.45, 7) is 3.88. The minimum absolute atomic E-state index is 0.0416. The summed E-state index contributed by atoms with van der Waals surface area (Å²) in [6.07, 6.45) is 28.1. The predicted octanol–water partition coefficient (Wildman–Crippen LogP) is 9.30. The number of carbonyl (C=O) groups is 1. The van der Waals surface area contributed by atoms with E-state index in [-0.39, 0.29) is 19.6 Å². The van der Waals surface area contributed by atoms with Crippen molar-refractivity contribution in [3.05, 3.63) is 0 Å². The molecule has 6 atom stereocenters. The van der Waals surface area contributed by atoms with Gasteiger partial charge < -0.3 is 34.3 Å². The van der Waals surface area contributed by atoms with Crippen molar-refractivity contribution >= 4 is 16.4 Å². The predicted molar refractivity (Wildman–Crippen MR) is 221 cm³/mol. The van der Waals surface area contributed by atoms with Crippen LogP contribution in [-0.2, 0) is 38.3 Å². The smallest absolute Gasteiger partial charge is 0.397 e. The first-order valence-corrected chi connectivity index (χ1v) is 24.2. The molecule has 0 aromatic heterocycles. The molecule has 1 saturated heterocycles. The third-order valence-electron chi connectivity index (χ3n) is 10.7. The van der Waals surface area contributed by atoms with Crippen LogP contribution < -0.4 is 0 Å². The average Bonchev–Trinajstić information content (AvgIpc) is 3.17. The lowest BCUT2D eigenvalue weighted by molar-refractivity contribution is -0.301. The highest BCUT2D eigenvalue weighted by Crippen LogP contribution is 2.26. The Labute approximate surface area is 341 Å². The van der Waals surface area contributed by atoms with Gasteiger partial charge in [0.1, 0.15) is 30.5 Å². The molecule has 13 heteroatoms. The van der Waals surface area contributed by atoms with Crippen molar-refractivity contribution in [2.45, 2.75) is 243 Å². The molecule has 12 nitrogen and oxygen atoms in total. The van der Waals surface area contributed by atoms with Gasteiger partial charge in [-0.25, -0.2) is 4.18 Å². The van der Waals surface area contributed by atoms with E-state index in [9.17, 15) is 28.5 Å². The van der Waals surface area contributed by atoms with Crippen molar-refractivity contribution in [3.63, 3.8) is 0 Å². The lowest BCUT2D eigenvalue weighted by Crippen LogP contribution is -2.60. The van der Waals surface area contributed by atoms with Crippen LogP contribution in [0.25, 0.3) is 0 Å². The van der Waals surface area contributed by atoms with Gasteiger partial charge in [-0.2, -0.15) is 8.42 Å². The maximum Gasteiger partial charge on any atom is 0.397 e. The number of ether oxygens (including phenoxy) is 4. The molecule has 1 aliphatic heterocycles. The summed E-state index contributed by atoms with van der Waals surface area (Å²) < 4.78 is 58.6. The monoisotopic (exact) mass is 825 g/mol. The van der Waals surface area contributed by atoms with E-state index < -0.39 is 59.8 Å². The molecule has 0 amide bonds. The van der Waals surface area contributed by atoms with Crippen molar-refractivity contribution in [2.24, 2.45) is 0 Å². The van der Waals surface area contributed by atoms with Gasteiger partial charge in [-0.05, 0) is 12.8 Å². The van der Waals surface area contributed by atoms with E-state index in [1.165, 1.54) is 141 Å². The minimum Gasteiger partial charge on any atom is -0.457 e. The van der Waals surface area contributed by atoms with Crippen molar-refractivity contribution in [1.29, 1.82) is 0 Å². The maximum atomic E-state index is 12.5. The van der Waals surface area contributed by atoms with Gasteiger partial charge in [-0.3, -0.25) is 9.35 Å². The topological polar surface area (TPSA) is 178 Å². The van der Waals surface area contributed by atoms with Crippen LogP contribution in [0.3, 0.4) is 0 Å². The first-order valence-electron chi connectivity index (χ1n) is 22.8. The van der Waals surface area contributed by atoms with Crippen LogP contribution in [0, 0.1) is 0 Å². The molecular formula is C43H84O12S. The first-order chi connectivity index (χ1) is 27.1. The lowest BCUT2D eigenvalue weighted by Gasteiger charge is -2.41. The van der Waals surface area contributed by atoms with Gasteiger partial charge in [-0.15, -0.1) is 0 Å². The number of esters is 1. The highest BCUT2D eigenvalue weighted by molar-refractivity contribution is 7.80. The van der Waals surface area contributed by atoms with E-state index in [0.29, 0.717) is 13.0 Å². The molecule has 0 spiro atoms. The zero-order valence-corrected chi connectivity index (χ0v) is 36.3. The molecule has 334 valence electrons. The number of aliphatic hydroxyl groups is 3. The van der Waals surface area contributed by atoms with Crippen LogP contribution >= 0.6 is 0 Å². The van der Waals surface area contributed by atoms with Gasteiger partial charge >= 0.3 is 16.4 Å². The fourth-order valence-corrected chi connectivity index (χ4v) is 7.77. The maximum absolute atomic E-state index is 12.5. The van der Waals surface area contributed by atoms with Gasteiger partial charge in [0.15, 0.2) is 6.29 Å². The Bertz CT molecular complexity index is 999. The van der Waals surface area contributed by atoms with Crippen molar-refractivity contribution < 1.29 is 56.2 Å². The van der Waals surface area contributed by atoms with Gasteiger partial charge in [0.2, 0.25) is 0 Å². The van der Waals surface area contributed by atoms with Gasteiger partial charge in [0, 0.05) is 13.0 Å². The van der Waals surface area contributed by atoms with Crippen LogP contribution in [0.2, 0.25) is 0 Å². The molecule has 0 saturated carbocycles. The second-order valence-electron chi connectivity index (χ2n) is 16.0. The van der Waals surface area contributed by atoms with Gasteiger partial charge in [0.05, 0.1) is 19.8 Å². The van der Waals surface area contributed by atoms with Crippen molar-refractivity contribution in [1.82, 2.24) is 0 Å². The number of hydrogen-bond donors (Lipinski definition) is 4. The first kappa shape index (κ1) is 53.1. The van der Waals surface area contributed by atoms with E-state index in [1.54, 1.807) is 0 Å². The number of hydrogen-bond acceptors (Lipinski definition) is 11. The molecule has 1 rings (SSSR count). The summed E-state index contributed by atoms with van der Waals surface area (Å²) in [4.78, 5) is 12.5. The highest BCUT2D eigenvalue weighted by atomic mass is 32.3. The molecule has 0 bridgehead atoms. The van der Waals surface area contributed by atoms with E-state index in [0.717, 1.165) is 38.5 Å². The van der Waals surface area contributed by atoms with Crippen LogP contribution in [0.4, 0.5) is 0 Å². The van der Waals surface area contributed by atoms with Crippen LogP contribution in [0.1, 0.15) is 206 Å². The molecule has 1 heterocycles. The molecule has 6 unspecified atom stereocenters. The Morgan fingerprint density at radius 3 is 1.43 bits per heavy atom. The molecule has 56 heavy (non-hydrogen) atoms. The molecule has 0 aromatic carbocycles. The zero-order chi connectivity index (χ0) is 41.1. The number of rotatable bonds is 40. The Balaban J connectivity index is 2.15. The molecule has 1 fully saturated rings. The molecular weight excluding hydrogens is 741 g/mol. The van der Waals surface area contributed by atoms with E-state index in [1.807, 2.05) is 0 Å². The van der Waals surface area contributed by atoms with E-state index >= 15 is 0 Å². The Morgan fingerprint density at radius 1 is 0.607 bits per heavy atom. The van der Waals surface area contributed by atoms with Gasteiger partial charge in [0.25, 0.3) is 0 Å². The molecule has 1 aliphatic rings.